The summed E-state index contributed by atoms with van der Waals surface area (Å²) in [5, 5.41) is 15.0. The lowest BCUT2D eigenvalue weighted by Crippen LogP contribution is -2.30. The van der Waals surface area contributed by atoms with E-state index < -0.39 is 0 Å². The lowest BCUT2D eigenvalue weighted by Gasteiger charge is -2.12. The summed E-state index contributed by atoms with van der Waals surface area (Å²) in [6.07, 6.45) is 0.702. The number of fused-ring (bicyclic) bond motifs is 1. The number of rotatable bonds is 4. The van der Waals surface area contributed by atoms with Crippen molar-refractivity contribution in [1.29, 1.82) is 0 Å². The highest BCUT2D eigenvalue weighted by atomic mass is 32.1. The first-order chi connectivity index (χ1) is 11.4. The van der Waals surface area contributed by atoms with Crippen LogP contribution in [0.4, 0.5) is 9.93 Å². The maximum atomic E-state index is 11.9. The highest BCUT2D eigenvalue weighted by Gasteiger charge is 2.20. The Balaban J connectivity index is 1.47. The summed E-state index contributed by atoms with van der Waals surface area (Å²) in [6.45, 7) is 6.95. The molecule has 0 radical (unpaired) electrons. The topological polar surface area (TPSA) is 85.4 Å². The summed E-state index contributed by atoms with van der Waals surface area (Å²) in [6, 6.07) is 5.50. The number of ether oxygens (including phenoxy) is 2. The van der Waals surface area contributed by atoms with Crippen molar-refractivity contribution in [3.63, 3.8) is 0 Å². The van der Waals surface area contributed by atoms with Crippen molar-refractivity contribution in [2.45, 2.75) is 32.6 Å². The van der Waals surface area contributed by atoms with Gasteiger partial charge in [0.2, 0.25) is 11.9 Å². The van der Waals surface area contributed by atoms with E-state index in [1.165, 1.54) is 11.3 Å². The molecule has 1 aromatic heterocycles. The lowest BCUT2D eigenvalue weighted by molar-refractivity contribution is 0.174. The fourth-order valence-electron chi connectivity index (χ4n) is 2.13. The second kappa shape index (κ2) is 6.64. The zero-order valence-corrected chi connectivity index (χ0v) is 14.7. The summed E-state index contributed by atoms with van der Waals surface area (Å²) in [7, 11) is 0. The third-order valence-corrected chi connectivity index (χ3v) is 4.69. The number of nitrogens with zero attached hydrogens (tertiary/aromatic N) is 2. The van der Waals surface area contributed by atoms with Crippen LogP contribution in [-0.4, -0.2) is 29.6 Å². The van der Waals surface area contributed by atoms with Gasteiger partial charge in [0.1, 0.15) is 5.01 Å². The van der Waals surface area contributed by atoms with Crippen molar-refractivity contribution in [3.05, 3.63) is 28.8 Å². The van der Waals surface area contributed by atoms with Gasteiger partial charge >= 0.3 is 6.03 Å². The van der Waals surface area contributed by atoms with Crippen LogP contribution in [0.5, 0.6) is 11.5 Å². The molecule has 0 atom stereocenters. The fraction of sp³-hybridized carbons (Fsp3) is 0.438. The summed E-state index contributed by atoms with van der Waals surface area (Å²) in [5.41, 5.74) is 0.999. The van der Waals surface area contributed by atoms with E-state index >= 15 is 0 Å². The largest absolute Gasteiger partial charge is 0.454 e. The predicted octanol–water partition coefficient (Wildman–Crippen LogP) is 2.93. The zero-order chi connectivity index (χ0) is 17.2. The number of amides is 2. The molecule has 24 heavy (non-hydrogen) atoms. The van der Waals surface area contributed by atoms with E-state index in [4.69, 9.17) is 9.47 Å². The van der Waals surface area contributed by atoms with Crippen molar-refractivity contribution in [2.24, 2.45) is 0 Å². The Hall–Kier alpha value is -2.35. The summed E-state index contributed by atoms with van der Waals surface area (Å²) < 4.78 is 10.6. The minimum atomic E-state index is -0.285. The molecule has 0 saturated heterocycles. The molecule has 3 rings (SSSR count). The average molecular weight is 348 g/mol. The molecule has 128 valence electrons. The maximum Gasteiger partial charge on any atom is 0.321 e. The Labute approximate surface area is 144 Å². The highest BCUT2D eigenvalue weighted by molar-refractivity contribution is 7.15. The van der Waals surface area contributed by atoms with Gasteiger partial charge in [-0.1, -0.05) is 38.2 Å². The van der Waals surface area contributed by atoms with Gasteiger partial charge < -0.3 is 14.8 Å². The summed E-state index contributed by atoms with van der Waals surface area (Å²) in [4.78, 5) is 11.9. The molecule has 0 unspecified atom stereocenters. The van der Waals surface area contributed by atoms with Crippen LogP contribution in [0.1, 0.15) is 31.3 Å². The van der Waals surface area contributed by atoms with Gasteiger partial charge in [-0.15, -0.1) is 10.2 Å². The Kier molecular flexibility index (Phi) is 4.57. The molecule has 2 heterocycles. The van der Waals surface area contributed by atoms with E-state index in [0.717, 1.165) is 22.1 Å². The highest BCUT2D eigenvalue weighted by Crippen LogP contribution is 2.32. The van der Waals surface area contributed by atoms with Gasteiger partial charge in [0.15, 0.2) is 11.5 Å². The van der Waals surface area contributed by atoms with Gasteiger partial charge in [-0.3, -0.25) is 5.32 Å². The zero-order valence-electron chi connectivity index (χ0n) is 13.9. The second-order valence-electron chi connectivity index (χ2n) is 6.48. The van der Waals surface area contributed by atoms with Crippen LogP contribution in [-0.2, 0) is 11.8 Å². The van der Waals surface area contributed by atoms with Crippen LogP contribution in [0.15, 0.2) is 18.2 Å². The van der Waals surface area contributed by atoms with Gasteiger partial charge in [-0.05, 0) is 24.1 Å². The number of hydrogen-bond acceptors (Lipinski definition) is 6. The Morgan fingerprint density at radius 2 is 2.04 bits per heavy atom. The first-order valence-electron chi connectivity index (χ1n) is 7.69. The molecule has 1 aliphatic rings. The monoisotopic (exact) mass is 348 g/mol. The molecule has 0 saturated carbocycles. The molecule has 2 amide bonds. The molecular weight excluding hydrogens is 328 g/mol. The number of benzene rings is 1. The smallest absolute Gasteiger partial charge is 0.321 e. The number of nitrogens with one attached hydrogen (secondary N) is 2. The molecule has 7 nitrogen and oxygen atoms in total. The van der Waals surface area contributed by atoms with E-state index in [9.17, 15) is 4.79 Å². The molecule has 2 N–H and O–H groups in total. The van der Waals surface area contributed by atoms with Crippen molar-refractivity contribution in [3.8, 4) is 11.5 Å². The van der Waals surface area contributed by atoms with Gasteiger partial charge in [0.25, 0.3) is 0 Å². The molecule has 1 aromatic carbocycles. The number of urea groups is 1. The van der Waals surface area contributed by atoms with E-state index in [1.807, 2.05) is 18.2 Å². The summed E-state index contributed by atoms with van der Waals surface area (Å²) in [5.74, 6) is 1.51. The third kappa shape index (κ3) is 3.94. The van der Waals surface area contributed by atoms with Crippen molar-refractivity contribution >= 4 is 22.5 Å². The molecule has 2 aromatic rings. The Morgan fingerprint density at radius 1 is 1.25 bits per heavy atom. The minimum Gasteiger partial charge on any atom is -0.454 e. The molecule has 0 fully saturated rings. The van der Waals surface area contributed by atoms with Gasteiger partial charge in [0, 0.05) is 12.0 Å². The van der Waals surface area contributed by atoms with Crippen LogP contribution in [0.2, 0.25) is 0 Å². The van der Waals surface area contributed by atoms with Gasteiger partial charge in [-0.2, -0.15) is 0 Å². The molecule has 0 aliphatic carbocycles. The maximum absolute atomic E-state index is 11.9. The Bertz CT molecular complexity index is 739. The number of hydrogen-bond donors (Lipinski definition) is 2. The van der Waals surface area contributed by atoms with Crippen molar-refractivity contribution in [2.75, 3.05) is 18.7 Å². The van der Waals surface area contributed by atoms with Crippen molar-refractivity contribution in [1.82, 2.24) is 15.5 Å². The number of carbonyl (C=O) groups excluding carboxylic acids is 1. The summed E-state index contributed by atoms with van der Waals surface area (Å²) >= 11 is 1.39. The fourth-order valence-corrected chi connectivity index (χ4v) is 2.93. The van der Waals surface area contributed by atoms with Crippen LogP contribution in [0.3, 0.4) is 0 Å². The number of aromatic nitrogens is 2. The first kappa shape index (κ1) is 16.5. The number of carbonyl (C=O) groups is 1. The molecule has 1 aliphatic heterocycles. The molecule has 8 heteroatoms. The minimum absolute atomic E-state index is 0.0760. The first-order valence-corrected chi connectivity index (χ1v) is 8.51. The molecule has 0 bridgehead atoms. The van der Waals surface area contributed by atoms with Crippen LogP contribution >= 0.6 is 11.3 Å². The predicted molar refractivity (Wildman–Crippen MR) is 91.9 cm³/mol. The van der Waals surface area contributed by atoms with Crippen LogP contribution in [0.25, 0.3) is 0 Å². The van der Waals surface area contributed by atoms with Crippen LogP contribution < -0.4 is 20.1 Å². The quantitative estimate of drug-likeness (QED) is 0.887. The van der Waals surface area contributed by atoms with Gasteiger partial charge in [-0.25, -0.2) is 4.79 Å². The van der Waals surface area contributed by atoms with Gasteiger partial charge in [0.05, 0.1) is 0 Å². The van der Waals surface area contributed by atoms with Crippen molar-refractivity contribution < 1.29 is 14.3 Å². The van der Waals surface area contributed by atoms with E-state index in [2.05, 4.69) is 41.6 Å². The second-order valence-corrected chi connectivity index (χ2v) is 7.46. The third-order valence-electron chi connectivity index (χ3n) is 3.42. The Morgan fingerprint density at radius 3 is 2.79 bits per heavy atom. The van der Waals surface area contributed by atoms with E-state index in [0.29, 0.717) is 18.1 Å². The van der Waals surface area contributed by atoms with E-state index in [1.54, 1.807) is 0 Å². The number of anilines is 1. The standard InChI is InChI=1S/C16H20N4O3S/c1-16(2,3)13-19-20-15(24-13)18-14(21)17-7-6-10-4-5-11-12(8-10)23-9-22-11/h4-5,8H,6-7,9H2,1-3H3,(H2,17,18,20,21). The molecular formula is C16H20N4O3S. The normalized spacial score (nSPS) is 13.0. The average Bonchev–Trinajstić information content (AvgIpc) is 3.15. The SMILES string of the molecule is CC(C)(C)c1nnc(NC(=O)NCCc2ccc3c(c2)OCO3)s1. The molecule has 0 spiro atoms. The van der Waals surface area contributed by atoms with E-state index in [-0.39, 0.29) is 18.2 Å². The lowest BCUT2D eigenvalue weighted by atomic mass is 9.98. The van der Waals surface area contributed by atoms with Crippen LogP contribution in [0, 0.1) is 0 Å².